The van der Waals surface area contributed by atoms with Crippen molar-refractivity contribution in [3.8, 4) is 0 Å². The third-order valence-electron chi connectivity index (χ3n) is 3.92. The first-order valence-electron chi connectivity index (χ1n) is 6.86. The summed E-state index contributed by atoms with van der Waals surface area (Å²) in [4.78, 5) is 1.37. The molecule has 2 N–H and O–H groups in total. The Hall–Kier alpha value is 0.0500. The predicted octanol–water partition coefficient (Wildman–Crippen LogP) is 2.94. The van der Waals surface area contributed by atoms with Gasteiger partial charge in [0.05, 0.1) is 3.79 Å². The van der Waals surface area contributed by atoms with E-state index in [1.54, 1.807) is 6.07 Å². The van der Waals surface area contributed by atoms with Crippen molar-refractivity contribution in [3.63, 3.8) is 0 Å². The minimum atomic E-state index is -3.41. The molecule has 0 amide bonds. The molecule has 0 aliphatic heterocycles. The second-order valence-electron chi connectivity index (χ2n) is 5.40. The van der Waals surface area contributed by atoms with Gasteiger partial charge in [0.2, 0.25) is 10.0 Å². The lowest BCUT2D eigenvalue weighted by atomic mass is 9.99. The van der Waals surface area contributed by atoms with Crippen LogP contribution in [0.25, 0.3) is 0 Å². The van der Waals surface area contributed by atoms with Crippen molar-refractivity contribution >= 4 is 37.3 Å². The average Bonchev–Trinajstić information content (AvgIpc) is 2.94. The first kappa shape index (κ1) is 16.4. The summed E-state index contributed by atoms with van der Waals surface area (Å²) in [6.45, 7) is 3.43. The second-order valence-corrected chi connectivity index (χ2v) is 9.59. The number of thiophene rings is 1. The number of halogens is 1. The highest BCUT2D eigenvalue weighted by atomic mass is 79.9. The van der Waals surface area contributed by atoms with Crippen LogP contribution in [0.4, 0.5) is 0 Å². The smallest absolute Gasteiger partial charge is 0.242 e. The van der Waals surface area contributed by atoms with Gasteiger partial charge in [-0.1, -0.05) is 19.8 Å². The molecule has 1 heterocycles. The average molecular weight is 381 g/mol. The Balaban J connectivity index is 2.06. The van der Waals surface area contributed by atoms with E-state index in [0.29, 0.717) is 33.6 Å². The molecule has 2 atom stereocenters. The molecule has 1 saturated carbocycles. The fourth-order valence-corrected chi connectivity index (χ4v) is 6.45. The molecule has 0 radical (unpaired) electrons. The molecule has 114 valence electrons. The maximum absolute atomic E-state index is 12.4. The summed E-state index contributed by atoms with van der Waals surface area (Å²) in [6.07, 6.45) is 3.54. The second kappa shape index (κ2) is 6.87. The molecule has 0 aromatic carbocycles. The first-order chi connectivity index (χ1) is 9.44. The van der Waals surface area contributed by atoms with E-state index in [-0.39, 0.29) is 0 Å². The largest absolute Gasteiger partial charge is 0.315 e. The molecule has 0 bridgehead atoms. The highest BCUT2D eigenvalue weighted by molar-refractivity contribution is 9.11. The molecule has 1 aromatic heterocycles. The van der Waals surface area contributed by atoms with Crippen LogP contribution < -0.4 is 10.0 Å². The fourth-order valence-electron chi connectivity index (χ4n) is 2.66. The lowest BCUT2D eigenvalue weighted by Crippen LogP contribution is -2.30. The third kappa shape index (κ3) is 3.82. The van der Waals surface area contributed by atoms with Gasteiger partial charge in [0.25, 0.3) is 0 Å². The molecule has 2 unspecified atom stereocenters. The van der Waals surface area contributed by atoms with Gasteiger partial charge in [0.1, 0.15) is 4.90 Å². The molecule has 1 aliphatic rings. The number of rotatable bonds is 6. The van der Waals surface area contributed by atoms with Gasteiger partial charge >= 0.3 is 0 Å². The Kier molecular flexibility index (Phi) is 5.64. The summed E-state index contributed by atoms with van der Waals surface area (Å²) < 4.78 is 28.2. The Bertz CT molecular complexity index is 557. The highest BCUT2D eigenvalue weighted by Gasteiger charge is 2.26. The summed E-state index contributed by atoms with van der Waals surface area (Å²) in [7, 11) is -1.56. The zero-order chi connectivity index (χ0) is 14.8. The van der Waals surface area contributed by atoms with Crippen molar-refractivity contribution < 1.29 is 8.42 Å². The topological polar surface area (TPSA) is 58.2 Å². The van der Waals surface area contributed by atoms with Gasteiger partial charge in [-0.25, -0.2) is 13.1 Å². The normalized spacial score (nSPS) is 23.4. The van der Waals surface area contributed by atoms with Crippen LogP contribution in [0.3, 0.4) is 0 Å². The molecule has 0 spiro atoms. The Morgan fingerprint density at radius 3 is 2.80 bits per heavy atom. The Morgan fingerprint density at radius 2 is 2.20 bits per heavy atom. The van der Waals surface area contributed by atoms with E-state index in [9.17, 15) is 8.42 Å². The quantitative estimate of drug-likeness (QED) is 0.797. The zero-order valence-electron chi connectivity index (χ0n) is 11.8. The van der Waals surface area contributed by atoms with Crippen LogP contribution in [0.5, 0.6) is 0 Å². The van der Waals surface area contributed by atoms with E-state index in [1.807, 2.05) is 7.05 Å². The highest BCUT2D eigenvalue weighted by Crippen LogP contribution is 2.33. The number of sulfonamides is 1. The number of nitrogens with one attached hydrogen (secondary N) is 2. The molecule has 2 rings (SSSR count). The van der Waals surface area contributed by atoms with Crippen molar-refractivity contribution in [1.29, 1.82) is 0 Å². The van der Waals surface area contributed by atoms with Crippen molar-refractivity contribution in [1.82, 2.24) is 10.0 Å². The minimum absolute atomic E-state index is 0.360. The molecular weight excluding hydrogens is 360 g/mol. The van der Waals surface area contributed by atoms with Gasteiger partial charge in [-0.15, -0.1) is 11.3 Å². The maximum atomic E-state index is 12.4. The van der Waals surface area contributed by atoms with Crippen LogP contribution in [-0.4, -0.2) is 22.0 Å². The SMILES string of the molecule is CNCc1cc(S(=O)(=O)NCC2CCCC2C)c(Br)s1. The van der Waals surface area contributed by atoms with Crippen molar-refractivity contribution in [2.75, 3.05) is 13.6 Å². The zero-order valence-corrected chi connectivity index (χ0v) is 15.0. The monoisotopic (exact) mass is 380 g/mol. The first-order valence-corrected chi connectivity index (χ1v) is 9.95. The van der Waals surface area contributed by atoms with Crippen LogP contribution in [0.2, 0.25) is 0 Å². The number of hydrogen-bond acceptors (Lipinski definition) is 4. The van der Waals surface area contributed by atoms with Crippen LogP contribution in [0, 0.1) is 11.8 Å². The molecule has 1 aliphatic carbocycles. The fraction of sp³-hybridized carbons (Fsp3) is 0.692. The molecule has 4 nitrogen and oxygen atoms in total. The van der Waals surface area contributed by atoms with Gasteiger partial charge in [-0.05, 0) is 47.3 Å². The van der Waals surface area contributed by atoms with E-state index in [4.69, 9.17) is 0 Å². The summed E-state index contributed by atoms with van der Waals surface area (Å²) in [5.74, 6) is 1.09. The van der Waals surface area contributed by atoms with Crippen LogP contribution >= 0.6 is 27.3 Å². The third-order valence-corrected chi connectivity index (χ3v) is 7.60. The Labute approximate surface area is 133 Å². The van der Waals surface area contributed by atoms with Gasteiger partial charge in [-0.3, -0.25) is 0 Å². The molecule has 1 fully saturated rings. The van der Waals surface area contributed by atoms with E-state index < -0.39 is 10.0 Å². The molecule has 0 saturated heterocycles. The van der Waals surface area contributed by atoms with Gasteiger partial charge < -0.3 is 5.32 Å². The van der Waals surface area contributed by atoms with Gasteiger partial charge in [0, 0.05) is 18.0 Å². The predicted molar refractivity (Wildman–Crippen MR) is 86.5 cm³/mol. The molecule has 20 heavy (non-hydrogen) atoms. The van der Waals surface area contributed by atoms with Crippen LogP contribution in [-0.2, 0) is 16.6 Å². The minimum Gasteiger partial charge on any atom is -0.315 e. The summed E-state index contributed by atoms with van der Waals surface area (Å²) in [6, 6.07) is 1.74. The number of hydrogen-bond donors (Lipinski definition) is 2. The lowest BCUT2D eigenvalue weighted by Gasteiger charge is -2.15. The standard InChI is InChI=1S/C13H21BrN2O2S2/c1-9-4-3-5-10(9)7-16-20(17,18)12-6-11(8-15-2)19-13(12)14/h6,9-10,15-16H,3-5,7-8H2,1-2H3. The lowest BCUT2D eigenvalue weighted by molar-refractivity contribution is 0.414. The van der Waals surface area contributed by atoms with Crippen LogP contribution in [0.15, 0.2) is 14.7 Å². The Morgan fingerprint density at radius 1 is 1.45 bits per heavy atom. The summed E-state index contributed by atoms with van der Waals surface area (Å²) >= 11 is 4.82. The summed E-state index contributed by atoms with van der Waals surface area (Å²) in [5.41, 5.74) is 0. The molecule has 7 heteroatoms. The van der Waals surface area contributed by atoms with Crippen LogP contribution in [0.1, 0.15) is 31.1 Å². The maximum Gasteiger partial charge on any atom is 0.242 e. The van der Waals surface area contributed by atoms with Gasteiger partial charge in [0.15, 0.2) is 0 Å². The summed E-state index contributed by atoms with van der Waals surface area (Å²) in [5, 5.41) is 3.03. The van der Waals surface area contributed by atoms with Crippen molar-refractivity contribution in [3.05, 3.63) is 14.7 Å². The van der Waals surface area contributed by atoms with E-state index >= 15 is 0 Å². The van der Waals surface area contributed by atoms with Crippen molar-refractivity contribution in [2.45, 2.75) is 37.6 Å². The van der Waals surface area contributed by atoms with Crippen molar-refractivity contribution in [2.24, 2.45) is 11.8 Å². The van der Waals surface area contributed by atoms with Gasteiger partial charge in [-0.2, -0.15) is 0 Å². The molecule has 1 aromatic rings. The van der Waals surface area contributed by atoms with E-state index in [2.05, 4.69) is 32.9 Å². The van der Waals surface area contributed by atoms with E-state index in [1.165, 1.54) is 24.2 Å². The molecular formula is C13H21BrN2O2S2. The van der Waals surface area contributed by atoms with E-state index in [0.717, 1.165) is 11.3 Å².